The smallest absolute Gasteiger partial charge is 0.253 e. The van der Waals surface area contributed by atoms with Crippen molar-refractivity contribution in [1.29, 1.82) is 0 Å². The highest BCUT2D eigenvalue weighted by atomic mass is 19.1. The summed E-state index contributed by atoms with van der Waals surface area (Å²) >= 11 is 0. The van der Waals surface area contributed by atoms with Gasteiger partial charge in [-0.3, -0.25) is 4.79 Å². The van der Waals surface area contributed by atoms with Gasteiger partial charge in [0.1, 0.15) is 17.2 Å². The third-order valence-corrected chi connectivity index (χ3v) is 6.37. The topological polar surface area (TPSA) is 57.2 Å². The van der Waals surface area contributed by atoms with Gasteiger partial charge >= 0.3 is 0 Å². The van der Waals surface area contributed by atoms with Crippen molar-refractivity contribution in [3.8, 4) is 17.2 Å². The number of rotatable bonds is 6. The molecule has 1 spiro atoms. The Balaban J connectivity index is 1.48. The maximum atomic E-state index is 13.9. The molecule has 7 heteroatoms. The molecule has 1 atom stereocenters. The summed E-state index contributed by atoms with van der Waals surface area (Å²) in [4.78, 5) is 15.1. The van der Waals surface area contributed by atoms with E-state index in [1.54, 1.807) is 31.4 Å². The molecule has 0 aromatic heterocycles. The normalized spacial score (nSPS) is 19.2. The van der Waals surface area contributed by atoms with E-state index in [-0.39, 0.29) is 30.0 Å². The second kappa shape index (κ2) is 9.82. The Bertz CT molecular complexity index is 1030. The van der Waals surface area contributed by atoms with E-state index in [0.29, 0.717) is 55.2 Å². The Morgan fingerprint density at radius 1 is 1.06 bits per heavy atom. The van der Waals surface area contributed by atoms with Crippen LogP contribution in [0.5, 0.6) is 17.2 Å². The number of methoxy groups -OCH3 is 1. The molecule has 184 valence electrons. The molecule has 0 unspecified atom stereocenters. The summed E-state index contributed by atoms with van der Waals surface area (Å²) in [5, 5.41) is 0. The summed E-state index contributed by atoms with van der Waals surface area (Å²) in [6.07, 6.45) is 1.78. The van der Waals surface area contributed by atoms with Crippen LogP contribution in [0.1, 0.15) is 69.0 Å². The first kappa shape index (κ1) is 24.3. The molecule has 0 saturated carbocycles. The summed E-state index contributed by atoms with van der Waals surface area (Å²) in [5.41, 5.74) is 0.886. The third kappa shape index (κ3) is 5.14. The maximum Gasteiger partial charge on any atom is 0.253 e. The minimum absolute atomic E-state index is 0.00866. The van der Waals surface area contributed by atoms with Gasteiger partial charge in [-0.05, 0) is 64.1 Å². The molecular weight excluding hydrogens is 437 g/mol. The van der Waals surface area contributed by atoms with Gasteiger partial charge in [-0.15, -0.1) is 0 Å². The van der Waals surface area contributed by atoms with Crippen molar-refractivity contribution >= 4 is 5.91 Å². The van der Waals surface area contributed by atoms with E-state index in [1.807, 2.05) is 32.6 Å². The molecule has 34 heavy (non-hydrogen) atoms. The van der Waals surface area contributed by atoms with Crippen LogP contribution in [0.4, 0.5) is 4.39 Å². The lowest BCUT2D eigenvalue weighted by Gasteiger charge is -2.47. The Morgan fingerprint density at radius 3 is 2.44 bits per heavy atom. The van der Waals surface area contributed by atoms with E-state index in [4.69, 9.17) is 18.9 Å². The van der Waals surface area contributed by atoms with Crippen molar-refractivity contribution in [2.45, 2.75) is 70.9 Å². The lowest BCUT2D eigenvalue weighted by molar-refractivity contribution is -0.0873. The lowest BCUT2D eigenvalue weighted by Crippen LogP contribution is -2.52. The first-order chi connectivity index (χ1) is 16.2. The van der Waals surface area contributed by atoms with Gasteiger partial charge < -0.3 is 23.8 Å². The fraction of sp³-hybridized carbons (Fsp3) is 0.519. The summed E-state index contributed by atoms with van der Waals surface area (Å²) in [7, 11) is 1.57. The number of likely N-dealkylation sites (tertiary alicyclic amines) is 1. The van der Waals surface area contributed by atoms with Crippen LogP contribution in [0.3, 0.4) is 0 Å². The summed E-state index contributed by atoms with van der Waals surface area (Å²) in [6.45, 7) is 8.98. The molecule has 2 heterocycles. The third-order valence-electron chi connectivity index (χ3n) is 6.37. The van der Waals surface area contributed by atoms with Crippen molar-refractivity contribution in [2.75, 3.05) is 20.2 Å². The van der Waals surface area contributed by atoms with Crippen LogP contribution in [-0.2, 0) is 4.74 Å². The van der Waals surface area contributed by atoms with Crippen LogP contribution in [0.25, 0.3) is 0 Å². The van der Waals surface area contributed by atoms with Gasteiger partial charge in [-0.1, -0.05) is 0 Å². The van der Waals surface area contributed by atoms with Crippen molar-refractivity contribution < 1.29 is 28.1 Å². The molecular formula is C27H34FNO5. The summed E-state index contributed by atoms with van der Waals surface area (Å²) in [5.74, 6) is 1.49. The quantitative estimate of drug-likeness (QED) is 0.553. The molecule has 6 nitrogen and oxygen atoms in total. The second-order valence-corrected chi connectivity index (χ2v) is 9.67. The highest BCUT2D eigenvalue weighted by Crippen LogP contribution is 2.46. The van der Waals surface area contributed by atoms with Gasteiger partial charge in [-0.2, -0.15) is 0 Å². The van der Waals surface area contributed by atoms with Gasteiger partial charge in [0, 0.05) is 43.5 Å². The van der Waals surface area contributed by atoms with Crippen LogP contribution in [0.2, 0.25) is 0 Å². The van der Waals surface area contributed by atoms with E-state index in [9.17, 15) is 9.18 Å². The molecule has 1 fully saturated rings. The highest BCUT2D eigenvalue weighted by Gasteiger charge is 2.45. The first-order valence-electron chi connectivity index (χ1n) is 12.0. The Hall–Kier alpha value is -2.80. The number of amides is 1. The Morgan fingerprint density at radius 2 is 1.79 bits per heavy atom. The molecule has 1 amide bonds. The fourth-order valence-corrected chi connectivity index (χ4v) is 4.79. The predicted molar refractivity (Wildman–Crippen MR) is 127 cm³/mol. The largest absolute Gasteiger partial charge is 0.493 e. The Labute approximate surface area is 200 Å². The average molecular weight is 472 g/mol. The average Bonchev–Trinajstić information content (AvgIpc) is 2.79. The van der Waals surface area contributed by atoms with E-state index in [2.05, 4.69) is 0 Å². The number of ether oxygens (including phenoxy) is 4. The molecule has 4 rings (SSSR count). The van der Waals surface area contributed by atoms with E-state index < -0.39 is 5.60 Å². The zero-order valence-electron chi connectivity index (χ0n) is 20.6. The minimum atomic E-state index is -0.437. The van der Waals surface area contributed by atoms with Crippen LogP contribution in [0, 0.1) is 5.82 Å². The predicted octanol–water partition coefficient (Wildman–Crippen LogP) is 5.55. The molecule has 2 aliphatic rings. The number of benzene rings is 2. The molecule has 1 saturated heterocycles. The summed E-state index contributed by atoms with van der Waals surface area (Å²) < 4.78 is 37.7. The minimum Gasteiger partial charge on any atom is -0.493 e. The fourth-order valence-electron chi connectivity index (χ4n) is 4.79. The van der Waals surface area contributed by atoms with Crippen molar-refractivity contribution in [3.63, 3.8) is 0 Å². The number of carbonyl (C=O) groups excluding carboxylic acids is 1. The first-order valence-corrected chi connectivity index (χ1v) is 12.0. The molecule has 0 N–H and O–H groups in total. The van der Waals surface area contributed by atoms with Gasteiger partial charge in [0.25, 0.3) is 5.91 Å². The SMILES string of the molecule is COc1cc(C(=O)N2CCC3(CC2)C[C@H](OC(C)C)c2cc(F)ccc2O3)ccc1OC(C)C. The molecule has 0 radical (unpaired) electrons. The number of fused-ring (bicyclic) bond motifs is 1. The zero-order chi connectivity index (χ0) is 24.5. The second-order valence-electron chi connectivity index (χ2n) is 9.67. The number of piperidine rings is 1. The maximum absolute atomic E-state index is 13.9. The van der Waals surface area contributed by atoms with E-state index in [1.165, 1.54) is 12.1 Å². The standard InChI is InChI=1S/C27H34FNO5/c1-17(2)32-23-8-6-19(14-24(23)31-5)26(30)29-12-10-27(11-13-29)16-25(33-18(3)4)21-15-20(28)7-9-22(21)34-27/h6-9,14-15,17-18,25H,10-13,16H2,1-5H3/t25-/m0/s1. The summed E-state index contributed by atoms with van der Waals surface area (Å²) in [6, 6.07) is 9.91. The Kier molecular flexibility index (Phi) is 7.03. The van der Waals surface area contributed by atoms with Crippen LogP contribution >= 0.6 is 0 Å². The van der Waals surface area contributed by atoms with Gasteiger partial charge in [0.15, 0.2) is 11.5 Å². The van der Waals surface area contributed by atoms with Crippen molar-refractivity contribution in [1.82, 2.24) is 4.90 Å². The van der Waals surface area contributed by atoms with Crippen molar-refractivity contribution in [3.05, 3.63) is 53.3 Å². The number of halogens is 1. The van der Waals surface area contributed by atoms with E-state index >= 15 is 0 Å². The van der Waals surface area contributed by atoms with Crippen LogP contribution < -0.4 is 14.2 Å². The van der Waals surface area contributed by atoms with E-state index in [0.717, 1.165) is 5.56 Å². The monoisotopic (exact) mass is 471 g/mol. The molecule has 0 aliphatic carbocycles. The van der Waals surface area contributed by atoms with Gasteiger partial charge in [0.2, 0.25) is 0 Å². The van der Waals surface area contributed by atoms with Gasteiger partial charge in [0.05, 0.1) is 25.4 Å². The number of hydrogen-bond acceptors (Lipinski definition) is 5. The van der Waals surface area contributed by atoms with Crippen LogP contribution in [0.15, 0.2) is 36.4 Å². The van der Waals surface area contributed by atoms with Crippen molar-refractivity contribution in [2.24, 2.45) is 0 Å². The highest BCUT2D eigenvalue weighted by molar-refractivity contribution is 5.95. The molecule has 0 bridgehead atoms. The zero-order valence-corrected chi connectivity index (χ0v) is 20.6. The molecule has 2 aliphatic heterocycles. The van der Waals surface area contributed by atoms with Crippen LogP contribution in [-0.4, -0.2) is 48.8 Å². The van der Waals surface area contributed by atoms with Gasteiger partial charge in [-0.25, -0.2) is 4.39 Å². The number of hydrogen-bond donors (Lipinski definition) is 0. The lowest BCUT2D eigenvalue weighted by atomic mass is 9.81. The number of nitrogens with zero attached hydrogens (tertiary/aromatic N) is 1. The molecule has 2 aromatic rings. The molecule has 2 aromatic carbocycles. The number of carbonyl (C=O) groups is 1.